The molecular weight excluding hydrogens is 536 g/mol. The molecule has 2 amide bonds. The second-order valence-corrected chi connectivity index (χ2v) is 11.3. The van der Waals surface area contributed by atoms with Gasteiger partial charge < -0.3 is 10.6 Å². The van der Waals surface area contributed by atoms with Crippen molar-refractivity contribution < 1.29 is 9.59 Å². The third-order valence-corrected chi connectivity index (χ3v) is 7.56. The standard InChI is InChI=1S/C31H42N6O2.C4H10/c1-8-11-25(28-18-33-36-22(28)6)15-26(20(3)4)14-24(9-2)31(39)35-29-16-27(17-32-23(29)7)34-30(38)19-37-13-10-12-21(37)5;1-3-4-2/h9,14-18,21H,3,8,10-13,19H2,1-2,4-7H3,(H,33,36)(H,34,38)(H,35,39);3-4H2,1-2H3/b24-9+,25-15+,26-14-;. The predicted octanol–water partition coefficient (Wildman–Crippen LogP) is 7.92. The molecule has 1 saturated heterocycles. The number of H-pyrrole nitrogens is 1. The summed E-state index contributed by atoms with van der Waals surface area (Å²) in [6.45, 7) is 21.7. The van der Waals surface area contributed by atoms with Crippen molar-refractivity contribution in [1.29, 1.82) is 0 Å². The van der Waals surface area contributed by atoms with Gasteiger partial charge in [0.2, 0.25) is 5.91 Å². The topological polar surface area (TPSA) is 103 Å². The van der Waals surface area contributed by atoms with Gasteiger partial charge in [0, 0.05) is 22.9 Å². The van der Waals surface area contributed by atoms with Gasteiger partial charge in [0.15, 0.2) is 0 Å². The first-order chi connectivity index (χ1) is 20.5. The van der Waals surface area contributed by atoms with Gasteiger partial charge in [-0.3, -0.25) is 24.6 Å². The van der Waals surface area contributed by atoms with Crippen LogP contribution in [-0.2, 0) is 9.59 Å². The number of allylic oxidation sites excluding steroid dienone is 5. The Morgan fingerprint density at radius 2 is 1.81 bits per heavy atom. The summed E-state index contributed by atoms with van der Waals surface area (Å²) in [4.78, 5) is 32.5. The molecule has 2 aromatic rings. The lowest BCUT2D eigenvalue weighted by Crippen LogP contribution is -2.35. The molecule has 2 aromatic heterocycles. The molecule has 3 N–H and O–H groups in total. The molecule has 0 saturated carbocycles. The van der Waals surface area contributed by atoms with Crippen LogP contribution in [0.15, 0.2) is 60.0 Å². The van der Waals surface area contributed by atoms with E-state index in [1.807, 2.05) is 40.0 Å². The van der Waals surface area contributed by atoms with Crippen LogP contribution in [0.5, 0.6) is 0 Å². The van der Waals surface area contributed by atoms with Crippen LogP contribution in [0.1, 0.15) is 97.0 Å². The first-order valence-corrected chi connectivity index (χ1v) is 15.6. The van der Waals surface area contributed by atoms with Gasteiger partial charge in [-0.2, -0.15) is 5.10 Å². The number of aromatic amines is 1. The van der Waals surface area contributed by atoms with E-state index in [9.17, 15) is 9.59 Å². The van der Waals surface area contributed by atoms with E-state index in [0.29, 0.717) is 35.2 Å². The zero-order valence-corrected chi connectivity index (χ0v) is 27.6. The van der Waals surface area contributed by atoms with Crippen LogP contribution in [0, 0.1) is 13.8 Å². The molecule has 0 radical (unpaired) electrons. The Bertz CT molecular complexity index is 1330. The van der Waals surface area contributed by atoms with Crippen LogP contribution >= 0.6 is 0 Å². The Balaban J connectivity index is 0.00000151. The molecule has 3 heterocycles. The average molecular weight is 589 g/mol. The number of carbonyl (C=O) groups is 2. The molecule has 1 fully saturated rings. The van der Waals surface area contributed by atoms with Gasteiger partial charge in [0.05, 0.1) is 36.0 Å². The van der Waals surface area contributed by atoms with Gasteiger partial charge in [-0.1, -0.05) is 64.3 Å². The van der Waals surface area contributed by atoms with Crippen LogP contribution in [0.25, 0.3) is 5.57 Å². The number of unbranched alkanes of at least 4 members (excludes halogenated alkanes) is 1. The minimum atomic E-state index is -0.263. The fraction of sp³-hybridized carbons (Fsp3) is 0.486. The van der Waals surface area contributed by atoms with Crippen molar-refractivity contribution in [3.63, 3.8) is 0 Å². The van der Waals surface area contributed by atoms with Gasteiger partial charge in [0.1, 0.15) is 0 Å². The van der Waals surface area contributed by atoms with E-state index in [0.717, 1.165) is 60.2 Å². The van der Waals surface area contributed by atoms with Gasteiger partial charge in [0.25, 0.3) is 5.91 Å². The number of carbonyl (C=O) groups excluding carboxylic acids is 2. The SMILES string of the molecule is C=C(C)C(=C\C(=C/C)C(=O)Nc1cc(NC(=O)CN2CCCC2C)cnc1C)/C=C(\CCC)c1cn[nH]c1C.CCCC. The lowest BCUT2D eigenvalue weighted by Gasteiger charge is -2.20. The fourth-order valence-corrected chi connectivity index (χ4v) is 4.69. The lowest BCUT2D eigenvalue weighted by molar-refractivity contribution is -0.117. The number of hydrogen-bond acceptors (Lipinski definition) is 5. The van der Waals surface area contributed by atoms with Crippen LogP contribution in [0.4, 0.5) is 11.4 Å². The quantitative estimate of drug-likeness (QED) is 0.173. The van der Waals surface area contributed by atoms with Crippen LogP contribution in [0.2, 0.25) is 0 Å². The third kappa shape index (κ3) is 11.1. The number of anilines is 2. The number of pyridine rings is 1. The van der Waals surface area contributed by atoms with Crippen LogP contribution < -0.4 is 10.6 Å². The number of aryl methyl sites for hydroxylation is 2. The number of hydrogen-bond donors (Lipinski definition) is 3. The molecule has 1 aliphatic heterocycles. The number of aromatic nitrogens is 3. The summed E-state index contributed by atoms with van der Waals surface area (Å²) < 4.78 is 0. The summed E-state index contributed by atoms with van der Waals surface area (Å²) in [6.07, 6.45) is 15.9. The second-order valence-electron chi connectivity index (χ2n) is 11.3. The highest BCUT2D eigenvalue weighted by Gasteiger charge is 2.22. The molecule has 0 spiro atoms. The summed E-state index contributed by atoms with van der Waals surface area (Å²) >= 11 is 0. The molecule has 0 bridgehead atoms. The molecule has 1 unspecified atom stereocenters. The van der Waals surface area contributed by atoms with Gasteiger partial charge >= 0.3 is 0 Å². The normalized spacial score (nSPS) is 16.0. The summed E-state index contributed by atoms with van der Waals surface area (Å²) in [7, 11) is 0. The van der Waals surface area contributed by atoms with E-state index in [2.05, 4.69) is 71.1 Å². The van der Waals surface area contributed by atoms with Crippen molar-refractivity contribution in [3.05, 3.63) is 76.9 Å². The largest absolute Gasteiger partial charge is 0.324 e. The van der Waals surface area contributed by atoms with Crippen molar-refractivity contribution in [2.24, 2.45) is 0 Å². The Labute approximate surface area is 258 Å². The zero-order valence-electron chi connectivity index (χ0n) is 27.6. The number of rotatable bonds is 12. The van der Waals surface area contributed by atoms with E-state index in [4.69, 9.17) is 0 Å². The van der Waals surface area contributed by atoms with E-state index >= 15 is 0 Å². The molecule has 1 aliphatic rings. The number of nitrogens with one attached hydrogen (secondary N) is 3. The minimum absolute atomic E-state index is 0.0858. The van der Waals surface area contributed by atoms with E-state index < -0.39 is 0 Å². The summed E-state index contributed by atoms with van der Waals surface area (Å²) in [6, 6.07) is 2.16. The predicted molar refractivity (Wildman–Crippen MR) is 180 cm³/mol. The van der Waals surface area contributed by atoms with E-state index in [-0.39, 0.29) is 11.8 Å². The highest BCUT2D eigenvalue weighted by molar-refractivity contribution is 6.06. The van der Waals surface area contributed by atoms with Crippen molar-refractivity contribution in [3.8, 4) is 0 Å². The Morgan fingerprint density at radius 3 is 2.35 bits per heavy atom. The maximum absolute atomic E-state index is 13.3. The van der Waals surface area contributed by atoms with Crippen LogP contribution in [0.3, 0.4) is 0 Å². The maximum atomic E-state index is 13.3. The monoisotopic (exact) mass is 588 g/mol. The van der Waals surface area contributed by atoms with Crippen LogP contribution in [-0.4, -0.2) is 51.0 Å². The van der Waals surface area contributed by atoms with Gasteiger partial charge in [-0.25, -0.2) is 0 Å². The Morgan fingerprint density at radius 1 is 1.09 bits per heavy atom. The van der Waals surface area contributed by atoms with E-state index in [1.165, 1.54) is 12.8 Å². The van der Waals surface area contributed by atoms with Crippen molar-refractivity contribution >= 4 is 28.8 Å². The summed E-state index contributed by atoms with van der Waals surface area (Å²) in [5.41, 5.74) is 7.20. The molecular formula is C35H52N6O2. The molecule has 1 atom stereocenters. The third-order valence-electron chi connectivity index (χ3n) is 7.56. The number of nitrogens with zero attached hydrogens (tertiary/aromatic N) is 3. The maximum Gasteiger partial charge on any atom is 0.255 e. The molecule has 234 valence electrons. The number of likely N-dealkylation sites (tertiary alicyclic amines) is 1. The highest BCUT2D eigenvalue weighted by atomic mass is 16.2. The lowest BCUT2D eigenvalue weighted by atomic mass is 9.96. The van der Waals surface area contributed by atoms with Gasteiger partial charge in [-0.05, 0) is 83.7 Å². The zero-order chi connectivity index (χ0) is 31.9. The Hall–Kier alpha value is -3.78. The minimum Gasteiger partial charge on any atom is -0.324 e. The first kappa shape index (κ1) is 35.4. The molecule has 0 aromatic carbocycles. The Kier molecular flexibility index (Phi) is 14.8. The first-order valence-electron chi connectivity index (χ1n) is 15.6. The summed E-state index contributed by atoms with van der Waals surface area (Å²) in [5, 5.41) is 13.1. The summed E-state index contributed by atoms with van der Waals surface area (Å²) in [5.74, 6) is -0.349. The average Bonchev–Trinajstić information content (AvgIpc) is 3.59. The van der Waals surface area contributed by atoms with Crippen molar-refractivity contribution in [2.75, 3.05) is 23.7 Å². The number of amides is 2. The smallest absolute Gasteiger partial charge is 0.255 e. The highest BCUT2D eigenvalue weighted by Crippen LogP contribution is 2.27. The van der Waals surface area contributed by atoms with Gasteiger partial charge in [-0.15, -0.1) is 0 Å². The molecule has 3 rings (SSSR count). The second kappa shape index (κ2) is 18.0. The molecule has 0 aliphatic carbocycles. The molecule has 43 heavy (non-hydrogen) atoms. The molecule has 8 nitrogen and oxygen atoms in total. The van der Waals surface area contributed by atoms with Crippen molar-refractivity contribution in [1.82, 2.24) is 20.1 Å². The molecule has 8 heteroatoms. The van der Waals surface area contributed by atoms with Crippen molar-refractivity contribution in [2.45, 2.75) is 100.0 Å². The fourth-order valence-electron chi connectivity index (χ4n) is 4.69. The van der Waals surface area contributed by atoms with E-state index in [1.54, 1.807) is 18.3 Å².